The van der Waals surface area contributed by atoms with Gasteiger partial charge in [-0.05, 0) is 63.6 Å². The zero-order valence-corrected chi connectivity index (χ0v) is 23.2. The quantitative estimate of drug-likeness (QED) is 0.461. The second kappa shape index (κ2) is 11.9. The summed E-state index contributed by atoms with van der Waals surface area (Å²) >= 11 is 6.70. The molecule has 0 spiro atoms. The molecule has 7 nitrogen and oxygen atoms in total. The summed E-state index contributed by atoms with van der Waals surface area (Å²) in [7, 11) is 4.24. The van der Waals surface area contributed by atoms with E-state index in [1.54, 1.807) is 6.20 Å². The van der Waals surface area contributed by atoms with Gasteiger partial charge in [-0.2, -0.15) is 0 Å². The topological polar surface area (TPSA) is 54.5 Å². The normalized spacial score (nSPS) is 20.1. The molecule has 0 amide bonds. The fourth-order valence-corrected chi connectivity index (χ4v) is 6.19. The van der Waals surface area contributed by atoms with Gasteiger partial charge in [-0.1, -0.05) is 42.8 Å². The second-order valence-electron chi connectivity index (χ2n) is 10.8. The van der Waals surface area contributed by atoms with E-state index in [-0.39, 0.29) is 0 Å². The highest BCUT2D eigenvalue weighted by atomic mass is 35.5. The van der Waals surface area contributed by atoms with Crippen LogP contribution in [0.1, 0.15) is 37.3 Å². The highest BCUT2D eigenvalue weighted by molar-refractivity contribution is 6.33. The highest BCUT2D eigenvalue weighted by Gasteiger charge is 2.34. The molecule has 2 aliphatic rings. The first-order valence-electron chi connectivity index (χ1n) is 13.6. The number of nitrogens with zero attached hydrogens (tertiary/aromatic N) is 6. The van der Waals surface area contributed by atoms with Crippen molar-refractivity contribution < 1.29 is 0 Å². The van der Waals surface area contributed by atoms with Gasteiger partial charge in [0, 0.05) is 69.0 Å². The number of benzene rings is 1. The summed E-state index contributed by atoms with van der Waals surface area (Å²) in [5.41, 5.74) is 3.71. The summed E-state index contributed by atoms with van der Waals surface area (Å²) in [6.07, 6.45) is 9.06. The molecule has 0 aliphatic carbocycles. The molecule has 1 aromatic carbocycles. The Kier molecular flexibility index (Phi) is 8.45. The first-order chi connectivity index (χ1) is 18.0. The summed E-state index contributed by atoms with van der Waals surface area (Å²) in [5.74, 6) is 1.69. The van der Waals surface area contributed by atoms with E-state index < -0.39 is 0 Å². The number of aromatic amines is 1. The van der Waals surface area contributed by atoms with E-state index in [9.17, 15) is 0 Å². The Bertz CT molecular complexity index is 1120. The van der Waals surface area contributed by atoms with Crippen molar-refractivity contribution in [1.82, 2.24) is 29.7 Å². The van der Waals surface area contributed by atoms with E-state index in [0.29, 0.717) is 17.1 Å². The zero-order chi connectivity index (χ0) is 25.8. The van der Waals surface area contributed by atoms with E-state index in [2.05, 4.69) is 74.9 Å². The Balaban J connectivity index is 1.14. The van der Waals surface area contributed by atoms with Crippen LogP contribution >= 0.6 is 11.6 Å². The molecule has 0 unspecified atom stereocenters. The number of nitrogens with one attached hydrogen (secondary N) is 1. The fourth-order valence-electron chi connectivity index (χ4n) is 5.90. The first kappa shape index (κ1) is 26.2. The molecule has 198 valence electrons. The third kappa shape index (κ3) is 6.34. The standard InChI is InChI=1S/C29H40ClN7/c1-4-25-21-36(29-27(30)17-24(18-33-29)28-31-11-12-32-28)15-16-37(25)26-9-13-35(14-10-26)20-23-7-5-22(6-8-23)19-34(2)3/h5-8,11-12,17-18,25-26H,4,9-10,13-16,19-21H2,1-3H3,(H,31,32)/t25-/m0/s1. The molecule has 0 bridgehead atoms. The van der Waals surface area contributed by atoms with Crippen molar-refractivity contribution in [2.24, 2.45) is 0 Å². The molecule has 2 fully saturated rings. The number of anilines is 1. The summed E-state index contributed by atoms with van der Waals surface area (Å²) < 4.78 is 0. The molecule has 0 radical (unpaired) electrons. The van der Waals surface area contributed by atoms with Crippen LogP contribution in [0.2, 0.25) is 5.02 Å². The van der Waals surface area contributed by atoms with Gasteiger partial charge in [0.2, 0.25) is 0 Å². The number of piperidine rings is 1. The predicted octanol–water partition coefficient (Wildman–Crippen LogP) is 4.75. The van der Waals surface area contributed by atoms with Crippen LogP contribution in [0.5, 0.6) is 0 Å². The molecule has 5 rings (SSSR count). The summed E-state index contributed by atoms with van der Waals surface area (Å²) in [4.78, 5) is 22.2. The Morgan fingerprint density at radius 1 is 1.03 bits per heavy atom. The van der Waals surface area contributed by atoms with Gasteiger partial charge in [0.15, 0.2) is 0 Å². The first-order valence-corrected chi connectivity index (χ1v) is 14.0. The molecule has 4 heterocycles. The third-order valence-electron chi connectivity index (χ3n) is 7.85. The lowest BCUT2D eigenvalue weighted by Gasteiger charge is -2.47. The lowest BCUT2D eigenvalue weighted by molar-refractivity contribution is 0.0610. The van der Waals surface area contributed by atoms with Crippen molar-refractivity contribution in [2.45, 2.75) is 51.4 Å². The second-order valence-corrected chi connectivity index (χ2v) is 11.2. The molecular weight excluding hydrogens is 482 g/mol. The van der Waals surface area contributed by atoms with Crippen molar-refractivity contribution >= 4 is 17.4 Å². The van der Waals surface area contributed by atoms with Gasteiger partial charge in [0.05, 0.1) is 5.02 Å². The summed E-state index contributed by atoms with van der Waals surface area (Å²) in [6, 6.07) is 12.3. The number of piperazine rings is 1. The average molecular weight is 522 g/mol. The van der Waals surface area contributed by atoms with Crippen molar-refractivity contribution in [1.29, 1.82) is 0 Å². The smallest absolute Gasteiger partial charge is 0.147 e. The molecule has 1 N–H and O–H groups in total. The molecule has 1 atom stereocenters. The Morgan fingerprint density at radius 3 is 2.43 bits per heavy atom. The van der Waals surface area contributed by atoms with Crippen LogP contribution in [0.4, 0.5) is 5.82 Å². The number of H-pyrrole nitrogens is 1. The maximum absolute atomic E-state index is 6.70. The number of rotatable bonds is 8. The Labute approximate surface area is 226 Å². The van der Waals surface area contributed by atoms with Crippen LogP contribution in [0.15, 0.2) is 48.9 Å². The van der Waals surface area contributed by atoms with Gasteiger partial charge >= 0.3 is 0 Å². The molecule has 0 saturated carbocycles. The van der Waals surface area contributed by atoms with E-state index in [0.717, 1.165) is 56.4 Å². The van der Waals surface area contributed by atoms with Crippen LogP contribution in [0.3, 0.4) is 0 Å². The highest BCUT2D eigenvalue weighted by Crippen LogP contribution is 2.31. The van der Waals surface area contributed by atoms with Crippen molar-refractivity contribution in [3.63, 3.8) is 0 Å². The minimum atomic E-state index is 0.525. The van der Waals surface area contributed by atoms with Gasteiger partial charge in [-0.25, -0.2) is 9.97 Å². The predicted molar refractivity (Wildman–Crippen MR) is 152 cm³/mol. The monoisotopic (exact) mass is 521 g/mol. The lowest BCUT2D eigenvalue weighted by atomic mass is 9.97. The number of imidazole rings is 1. The van der Waals surface area contributed by atoms with Crippen LogP contribution in [-0.2, 0) is 13.1 Å². The van der Waals surface area contributed by atoms with Gasteiger partial charge in [-0.15, -0.1) is 0 Å². The Morgan fingerprint density at radius 2 is 1.78 bits per heavy atom. The maximum Gasteiger partial charge on any atom is 0.147 e. The molecule has 2 aromatic heterocycles. The molecular formula is C29H40ClN7. The summed E-state index contributed by atoms with van der Waals surface area (Å²) in [5, 5.41) is 0.695. The third-order valence-corrected chi connectivity index (χ3v) is 8.12. The average Bonchev–Trinajstić information content (AvgIpc) is 3.45. The van der Waals surface area contributed by atoms with Crippen molar-refractivity contribution in [3.05, 3.63) is 65.1 Å². The van der Waals surface area contributed by atoms with E-state index in [4.69, 9.17) is 16.6 Å². The van der Waals surface area contributed by atoms with Crippen LogP contribution in [0, 0.1) is 0 Å². The van der Waals surface area contributed by atoms with E-state index >= 15 is 0 Å². The molecule has 37 heavy (non-hydrogen) atoms. The van der Waals surface area contributed by atoms with Crippen molar-refractivity contribution in [3.8, 4) is 11.4 Å². The Hall–Kier alpha value is -2.45. The number of pyridine rings is 1. The van der Waals surface area contributed by atoms with Crippen LogP contribution < -0.4 is 4.90 Å². The number of aromatic nitrogens is 3. The number of likely N-dealkylation sites (tertiary alicyclic amines) is 1. The zero-order valence-electron chi connectivity index (χ0n) is 22.4. The number of hydrogen-bond acceptors (Lipinski definition) is 6. The molecule has 2 saturated heterocycles. The molecule has 3 aromatic rings. The summed E-state index contributed by atoms with van der Waals surface area (Å²) in [6.45, 7) is 9.70. The van der Waals surface area contributed by atoms with Gasteiger partial charge in [0.25, 0.3) is 0 Å². The molecule has 2 aliphatic heterocycles. The van der Waals surface area contributed by atoms with E-state index in [1.165, 1.54) is 37.1 Å². The minimum absolute atomic E-state index is 0.525. The largest absolute Gasteiger partial charge is 0.353 e. The van der Waals surface area contributed by atoms with Crippen LogP contribution in [-0.4, -0.2) is 88.6 Å². The van der Waals surface area contributed by atoms with Crippen LogP contribution in [0.25, 0.3) is 11.4 Å². The lowest BCUT2D eigenvalue weighted by Crippen LogP contribution is -2.58. The van der Waals surface area contributed by atoms with E-state index in [1.807, 2.05) is 18.5 Å². The SMILES string of the molecule is CC[C@H]1CN(c2ncc(-c3ncc[nH]3)cc2Cl)CCN1C1CCN(Cc2ccc(CN(C)C)cc2)CC1. The van der Waals surface area contributed by atoms with Gasteiger partial charge < -0.3 is 14.8 Å². The van der Waals surface area contributed by atoms with Crippen molar-refractivity contribution in [2.75, 3.05) is 51.7 Å². The fraction of sp³-hybridized carbons (Fsp3) is 0.517. The molecule has 8 heteroatoms. The minimum Gasteiger partial charge on any atom is -0.353 e. The van der Waals surface area contributed by atoms with Gasteiger partial charge in [-0.3, -0.25) is 9.80 Å². The maximum atomic E-state index is 6.70. The number of halogens is 1. The van der Waals surface area contributed by atoms with Gasteiger partial charge in [0.1, 0.15) is 11.6 Å². The number of hydrogen-bond donors (Lipinski definition) is 1.